The lowest BCUT2D eigenvalue weighted by molar-refractivity contribution is -0.123. The molecular formula is C21H17ClFN3O2S. The van der Waals surface area contributed by atoms with Crippen LogP contribution in [0.5, 0.6) is 0 Å². The number of carbonyl (C=O) groups excluding carboxylic acids is 2. The Balaban J connectivity index is 1.48. The van der Waals surface area contributed by atoms with E-state index in [1.807, 2.05) is 25.1 Å². The molecule has 1 aliphatic heterocycles. The lowest BCUT2D eigenvalue weighted by atomic mass is 9.90. The number of anilines is 2. The van der Waals surface area contributed by atoms with Crippen molar-refractivity contribution >= 4 is 45.6 Å². The standard InChI is InChI=1S/C21H17ClFN3O2S/c1-11-2-3-12(7-17(11)22)6-14-10-24-21(29-14)26-20(28)16-9-19(27)25-18-8-13(23)4-5-15(16)18/h2-5,7-8,10,16H,6,9H2,1H3,(H,25,27)(H,24,26,28). The quantitative estimate of drug-likeness (QED) is 0.619. The summed E-state index contributed by atoms with van der Waals surface area (Å²) in [6.07, 6.45) is 2.37. The molecule has 1 aromatic heterocycles. The van der Waals surface area contributed by atoms with Gasteiger partial charge in [-0.1, -0.05) is 29.8 Å². The molecule has 5 nitrogen and oxygen atoms in total. The molecule has 1 aliphatic rings. The van der Waals surface area contributed by atoms with Gasteiger partial charge < -0.3 is 10.6 Å². The Morgan fingerprint density at radius 1 is 1.34 bits per heavy atom. The van der Waals surface area contributed by atoms with Crippen LogP contribution in [0, 0.1) is 12.7 Å². The molecule has 1 unspecified atom stereocenters. The zero-order valence-corrected chi connectivity index (χ0v) is 17.0. The van der Waals surface area contributed by atoms with Crippen molar-refractivity contribution in [3.8, 4) is 0 Å². The van der Waals surface area contributed by atoms with E-state index in [4.69, 9.17) is 11.6 Å². The molecule has 4 rings (SSSR count). The Morgan fingerprint density at radius 3 is 2.97 bits per heavy atom. The van der Waals surface area contributed by atoms with E-state index < -0.39 is 11.7 Å². The number of carbonyl (C=O) groups is 2. The first kappa shape index (κ1) is 19.5. The summed E-state index contributed by atoms with van der Waals surface area (Å²) in [5.74, 6) is -1.82. The van der Waals surface area contributed by atoms with Crippen molar-refractivity contribution in [2.75, 3.05) is 10.6 Å². The highest BCUT2D eigenvalue weighted by Gasteiger charge is 2.31. The summed E-state index contributed by atoms with van der Waals surface area (Å²) in [4.78, 5) is 29.9. The molecule has 0 saturated carbocycles. The maximum absolute atomic E-state index is 13.5. The largest absolute Gasteiger partial charge is 0.326 e. The number of nitrogens with one attached hydrogen (secondary N) is 2. The summed E-state index contributed by atoms with van der Waals surface area (Å²) in [5.41, 5.74) is 3.00. The topological polar surface area (TPSA) is 71.1 Å². The van der Waals surface area contributed by atoms with E-state index in [1.54, 1.807) is 6.20 Å². The maximum Gasteiger partial charge on any atom is 0.234 e. The lowest BCUT2D eigenvalue weighted by Gasteiger charge is -2.24. The van der Waals surface area contributed by atoms with Gasteiger partial charge in [-0.3, -0.25) is 9.59 Å². The Kier molecular flexibility index (Phi) is 5.34. The van der Waals surface area contributed by atoms with Gasteiger partial charge in [0.2, 0.25) is 11.8 Å². The summed E-state index contributed by atoms with van der Waals surface area (Å²) in [6, 6.07) is 9.94. The number of fused-ring (bicyclic) bond motifs is 1. The van der Waals surface area contributed by atoms with Crippen LogP contribution in [0.4, 0.5) is 15.2 Å². The normalized spacial score (nSPS) is 15.6. The zero-order chi connectivity index (χ0) is 20.5. The molecule has 0 fully saturated rings. The van der Waals surface area contributed by atoms with Gasteiger partial charge in [0.1, 0.15) is 5.82 Å². The van der Waals surface area contributed by atoms with Crippen LogP contribution in [0.1, 0.15) is 33.9 Å². The van der Waals surface area contributed by atoms with E-state index in [0.29, 0.717) is 27.8 Å². The first-order chi connectivity index (χ1) is 13.9. The van der Waals surface area contributed by atoms with Crippen LogP contribution in [-0.4, -0.2) is 16.8 Å². The highest BCUT2D eigenvalue weighted by Crippen LogP contribution is 2.34. The van der Waals surface area contributed by atoms with Crippen molar-refractivity contribution in [1.82, 2.24) is 4.98 Å². The summed E-state index contributed by atoms with van der Waals surface area (Å²) < 4.78 is 13.5. The molecule has 2 heterocycles. The zero-order valence-electron chi connectivity index (χ0n) is 15.5. The third-order valence-corrected chi connectivity index (χ3v) is 6.09. The second kappa shape index (κ2) is 7.93. The fourth-order valence-corrected chi connectivity index (χ4v) is 4.31. The van der Waals surface area contributed by atoms with Gasteiger partial charge in [0.15, 0.2) is 5.13 Å². The number of hydrogen-bond donors (Lipinski definition) is 2. The molecule has 2 aromatic carbocycles. The molecule has 0 bridgehead atoms. The molecule has 29 heavy (non-hydrogen) atoms. The van der Waals surface area contributed by atoms with Gasteiger partial charge in [-0.2, -0.15) is 0 Å². The van der Waals surface area contributed by atoms with E-state index in [2.05, 4.69) is 15.6 Å². The van der Waals surface area contributed by atoms with Gasteiger partial charge in [0.25, 0.3) is 0 Å². The molecule has 0 saturated heterocycles. The van der Waals surface area contributed by atoms with Crippen molar-refractivity contribution in [2.45, 2.75) is 25.7 Å². The second-order valence-corrected chi connectivity index (χ2v) is 8.44. The molecule has 0 spiro atoms. The number of halogens is 2. The lowest BCUT2D eigenvalue weighted by Crippen LogP contribution is -2.30. The maximum atomic E-state index is 13.5. The van der Waals surface area contributed by atoms with Crippen molar-refractivity contribution in [3.05, 3.63) is 75.0 Å². The third kappa shape index (κ3) is 4.31. The molecule has 0 aliphatic carbocycles. The monoisotopic (exact) mass is 429 g/mol. The molecule has 2 N–H and O–H groups in total. The van der Waals surface area contributed by atoms with Gasteiger partial charge in [0, 0.05) is 34.6 Å². The van der Waals surface area contributed by atoms with E-state index in [9.17, 15) is 14.0 Å². The summed E-state index contributed by atoms with van der Waals surface area (Å²) in [6.45, 7) is 1.95. The predicted octanol–water partition coefficient (Wildman–Crippen LogP) is 4.90. The SMILES string of the molecule is Cc1ccc(Cc2cnc(NC(=O)C3CC(=O)Nc4cc(F)ccc43)s2)cc1Cl. The van der Waals surface area contributed by atoms with E-state index >= 15 is 0 Å². The van der Waals surface area contributed by atoms with Crippen molar-refractivity contribution in [3.63, 3.8) is 0 Å². The Morgan fingerprint density at radius 2 is 2.17 bits per heavy atom. The number of aromatic nitrogens is 1. The van der Waals surface area contributed by atoms with Crippen molar-refractivity contribution < 1.29 is 14.0 Å². The minimum Gasteiger partial charge on any atom is -0.326 e. The first-order valence-corrected chi connectivity index (χ1v) is 10.2. The highest BCUT2D eigenvalue weighted by molar-refractivity contribution is 7.15. The Hall–Kier alpha value is -2.77. The number of nitrogens with zero attached hydrogens (tertiary/aromatic N) is 1. The van der Waals surface area contributed by atoms with E-state index in [0.717, 1.165) is 16.0 Å². The number of aryl methyl sites for hydroxylation is 1. The number of amides is 2. The summed E-state index contributed by atoms with van der Waals surface area (Å²) in [7, 11) is 0. The molecule has 1 atom stereocenters. The van der Waals surface area contributed by atoms with Gasteiger partial charge in [-0.25, -0.2) is 9.37 Å². The van der Waals surface area contributed by atoms with Crippen molar-refractivity contribution in [1.29, 1.82) is 0 Å². The van der Waals surface area contributed by atoms with Crippen LogP contribution in [0.3, 0.4) is 0 Å². The highest BCUT2D eigenvalue weighted by atomic mass is 35.5. The van der Waals surface area contributed by atoms with Gasteiger partial charge >= 0.3 is 0 Å². The fourth-order valence-electron chi connectivity index (χ4n) is 3.26. The van der Waals surface area contributed by atoms with Gasteiger partial charge in [-0.05, 0) is 41.8 Å². The first-order valence-electron chi connectivity index (χ1n) is 8.99. The fraction of sp³-hybridized carbons (Fsp3) is 0.190. The Labute approximate surface area is 175 Å². The smallest absolute Gasteiger partial charge is 0.234 e. The summed E-state index contributed by atoms with van der Waals surface area (Å²) in [5, 5.41) is 6.56. The minimum atomic E-state index is -0.692. The van der Waals surface area contributed by atoms with Crippen molar-refractivity contribution in [2.24, 2.45) is 0 Å². The Bertz CT molecular complexity index is 1120. The van der Waals surface area contributed by atoms with Crippen LogP contribution in [-0.2, 0) is 16.0 Å². The number of rotatable bonds is 4. The van der Waals surface area contributed by atoms with E-state index in [1.165, 1.54) is 29.5 Å². The van der Waals surface area contributed by atoms with Crippen LogP contribution in [0.2, 0.25) is 5.02 Å². The molecule has 3 aromatic rings. The second-order valence-electron chi connectivity index (χ2n) is 6.92. The van der Waals surface area contributed by atoms with Crippen LogP contribution >= 0.6 is 22.9 Å². The molecule has 8 heteroatoms. The van der Waals surface area contributed by atoms with Gasteiger partial charge in [0.05, 0.1) is 5.92 Å². The van der Waals surface area contributed by atoms with Crippen LogP contribution in [0.25, 0.3) is 0 Å². The van der Waals surface area contributed by atoms with Gasteiger partial charge in [-0.15, -0.1) is 11.3 Å². The average Bonchev–Trinajstić information content (AvgIpc) is 3.10. The van der Waals surface area contributed by atoms with E-state index in [-0.39, 0.29) is 18.2 Å². The van der Waals surface area contributed by atoms with Crippen LogP contribution < -0.4 is 10.6 Å². The predicted molar refractivity (Wildman–Crippen MR) is 112 cm³/mol. The molecule has 2 amide bonds. The minimum absolute atomic E-state index is 0.00453. The summed E-state index contributed by atoms with van der Waals surface area (Å²) >= 11 is 7.55. The number of hydrogen-bond acceptors (Lipinski definition) is 4. The number of thiazole rings is 1. The average molecular weight is 430 g/mol. The molecular weight excluding hydrogens is 413 g/mol. The molecule has 148 valence electrons. The number of benzene rings is 2. The third-order valence-electron chi connectivity index (χ3n) is 4.77. The van der Waals surface area contributed by atoms with Crippen LogP contribution in [0.15, 0.2) is 42.6 Å². The molecule has 0 radical (unpaired) electrons.